The third-order valence-corrected chi connectivity index (χ3v) is 6.49. The second-order valence-electron chi connectivity index (χ2n) is 9.75. The lowest BCUT2D eigenvalue weighted by Gasteiger charge is -2.29. The summed E-state index contributed by atoms with van der Waals surface area (Å²) in [5.74, 6) is -3.53. The minimum absolute atomic E-state index is 0.135. The molecule has 0 aromatic rings. The normalized spacial score (nSPS) is 20.5. The Labute approximate surface area is 218 Å². The van der Waals surface area contributed by atoms with Crippen molar-refractivity contribution < 1.29 is 44.3 Å². The van der Waals surface area contributed by atoms with E-state index in [2.05, 4.69) is 5.32 Å². The average Bonchev–Trinajstić information content (AvgIpc) is 2.81. The van der Waals surface area contributed by atoms with Gasteiger partial charge in [0.05, 0.1) is 18.3 Å². The van der Waals surface area contributed by atoms with Crippen LogP contribution >= 0.6 is 0 Å². The predicted molar refractivity (Wildman–Crippen MR) is 136 cm³/mol. The molecule has 0 saturated carbocycles. The van der Waals surface area contributed by atoms with Gasteiger partial charge < -0.3 is 25.2 Å². The zero-order chi connectivity index (χ0) is 28.1. The molecule has 1 aliphatic heterocycles. The fourth-order valence-electron chi connectivity index (χ4n) is 4.33. The van der Waals surface area contributed by atoms with Crippen molar-refractivity contribution in [2.75, 3.05) is 7.11 Å². The van der Waals surface area contributed by atoms with Crippen LogP contribution in [0.15, 0.2) is 36.0 Å². The van der Waals surface area contributed by atoms with E-state index in [1.807, 2.05) is 0 Å². The average molecular weight is 524 g/mol. The standard InChI is InChI=1S/C27H41NO9/c1-16(21(30)15-20(29)12-19-13-23(31)28-24(32)14-19)11-17(2)26(35)18(3)27(36)22(37-4)9-7-5-6-8-10-25(33)34/h7-11,16,18-20,22,26-27,29,35-36H,5-6,12-15H2,1-4H3,(H,33,34)(H,28,31,32)/b9-7+,10-8+,17-11+/t16-,18+,20+,22-,26-,27-/m0/s1. The number of ether oxygens (including phenoxy) is 1. The Kier molecular flexibility index (Phi) is 14.2. The molecule has 0 aliphatic carbocycles. The Morgan fingerprint density at radius 1 is 1.08 bits per heavy atom. The largest absolute Gasteiger partial charge is 0.478 e. The first-order chi connectivity index (χ1) is 17.3. The Hall–Kier alpha value is -2.66. The molecule has 6 atom stereocenters. The van der Waals surface area contributed by atoms with Crippen molar-refractivity contribution in [1.82, 2.24) is 5.32 Å². The molecule has 208 valence electrons. The Balaban J connectivity index is 2.64. The lowest BCUT2D eigenvalue weighted by Crippen LogP contribution is -2.39. The van der Waals surface area contributed by atoms with E-state index in [1.54, 1.807) is 39.0 Å². The number of imide groups is 1. The number of carbonyl (C=O) groups excluding carboxylic acids is 3. The summed E-state index contributed by atoms with van der Waals surface area (Å²) in [6, 6.07) is 0. The Morgan fingerprint density at radius 2 is 1.68 bits per heavy atom. The number of piperidine rings is 1. The van der Waals surface area contributed by atoms with Crippen LogP contribution in [-0.2, 0) is 23.9 Å². The molecular formula is C27H41NO9. The van der Waals surface area contributed by atoms with E-state index in [4.69, 9.17) is 9.84 Å². The molecule has 0 bridgehead atoms. The van der Waals surface area contributed by atoms with Crippen LogP contribution in [0, 0.1) is 17.8 Å². The number of Topliss-reactive ketones (excluding diaryl/α,β-unsaturated/α-hetero) is 1. The molecule has 37 heavy (non-hydrogen) atoms. The van der Waals surface area contributed by atoms with Crippen LogP contribution in [0.25, 0.3) is 0 Å². The summed E-state index contributed by atoms with van der Waals surface area (Å²) < 4.78 is 5.34. The van der Waals surface area contributed by atoms with Gasteiger partial charge >= 0.3 is 5.97 Å². The second-order valence-corrected chi connectivity index (χ2v) is 9.75. The van der Waals surface area contributed by atoms with Crippen molar-refractivity contribution in [3.8, 4) is 0 Å². The fourth-order valence-corrected chi connectivity index (χ4v) is 4.33. The van der Waals surface area contributed by atoms with Crippen LogP contribution in [0.5, 0.6) is 0 Å². The van der Waals surface area contributed by atoms with Gasteiger partial charge in [-0.1, -0.05) is 38.2 Å². The van der Waals surface area contributed by atoms with Gasteiger partial charge in [0.15, 0.2) is 0 Å². The Morgan fingerprint density at radius 3 is 2.24 bits per heavy atom. The first kappa shape index (κ1) is 32.4. The number of carboxylic acid groups (broad SMARTS) is 1. The summed E-state index contributed by atoms with van der Waals surface area (Å²) >= 11 is 0. The number of aliphatic hydroxyl groups is 3. The molecule has 1 fully saturated rings. The number of unbranched alkanes of at least 4 members (excludes halogenated alkanes) is 1. The van der Waals surface area contributed by atoms with Crippen LogP contribution in [0.4, 0.5) is 0 Å². The summed E-state index contributed by atoms with van der Waals surface area (Å²) in [6.07, 6.45) is 5.26. The highest BCUT2D eigenvalue weighted by Gasteiger charge is 2.30. The number of nitrogens with one attached hydrogen (secondary N) is 1. The quantitative estimate of drug-likeness (QED) is 0.0874. The number of hydrogen-bond acceptors (Lipinski definition) is 8. The summed E-state index contributed by atoms with van der Waals surface area (Å²) in [4.78, 5) is 46.1. The molecule has 2 amide bonds. The molecule has 0 spiro atoms. The monoisotopic (exact) mass is 523 g/mol. The molecule has 10 nitrogen and oxygen atoms in total. The number of aliphatic carboxylic acids is 1. The van der Waals surface area contributed by atoms with Crippen LogP contribution < -0.4 is 5.32 Å². The van der Waals surface area contributed by atoms with E-state index in [-0.39, 0.29) is 49.2 Å². The molecule has 1 rings (SSSR count). The zero-order valence-corrected chi connectivity index (χ0v) is 22.0. The number of aliphatic hydroxyl groups excluding tert-OH is 3. The second kappa shape index (κ2) is 16.2. The highest BCUT2D eigenvalue weighted by molar-refractivity contribution is 5.97. The SMILES string of the molecule is CO[C@@H](/C=C/CC/C=C/C(=O)O)[C@@H](O)[C@H](C)[C@@H](O)/C(C)=C/[C@H](C)C(=O)C[C@H](O)CC1CC(=O)NC(=O)C1. The number of amides is 2. The van der Waals surface area contributed by atoms with Gasteiger partial charge in [-0.3, -0.25) is 19.7 Å². The van der Waals surface area contributed by atoms with Crippen molar-refractivity contribution in [1.29, 1.82) is 0 Å². The third kappa shape index (κ3) is 12.0. The van der Waals surface area contributed by atoms with E-state index >= 15 is 0 Å². The summed E-state index contributed by atoms with van der Waals surface area (Å²) in [5.41, 5.74) is 0.495. The van der Waals surface area contributed by atoms with Gasteiger partial charge in [0.1, 0.15) is 11.9 Å². The summed E-state index contributed by atoms with van der Waals surface area (Å²) in [5, 5.41) is 42.6. The number of hydrogen-bond donors (Lipinski definition) is 5. The number of carbonyl (C=O) groups is 4. The summed E-state index contributed by atoms with van der Waals surface area (Å²) in [7, 11) is 1.44. The van der Waals surface area contributed by atoms with E-state index < -0.39 is 42.2 Å². The van der Waals surface area contributed by atoms with Crippen LogP contribution in [-0.4, -0.2) is 75.5 Å². The van der Waals surface area contributed by atoms with Gasteiger partial charge in [0, 0.05) is 44.3 Å². The van der Waals surface area contributed by atoms with Gasteiger partial charge in [0.2, 0.25) is 11.8 Å². The first-order valence-corrected chi connectivity index (χ1v) is 12.5. The van der Waals surface area contributed by atoms with Crippen LogP contribution in [0.2, 0.25) is 0 Å². The van der Waals surface area contributed by atoms with Crippen molar-refractivity contribution in [2.24, 2.45) is 17.8 Å². The molecule has 0 radical (unpaired) electrons. The molecule has 0 unspecified atom stereocenters. The van der Waals surface area contributed by atoms with Gasteiger partial charge in [-0.05, 0) is 37.7 Å². The maximum atomic E-state index is 12.6. The third-order valence-electron chi connectivity index (χ3n) is 6.49. The maximum Gasteiger partial charge on any atom is 0.327 e. The van der Waals surface area contributed by atoms with Gasteiger partial charge in [-0.2, -0.15) is 0 Å². The number of carboxylic acids is 1. The highest BCUT2D eigenvalue weighted by Crippen LogP contribution is 2.24. The van der Waals surface area contributed by atoms with Crippen molar-refractivity contribution in [3.05, 3.63) is 36.0 Å². The molecule has 10 heteroatoms. The van der Waals surface area contributed by atoms with E-state index in [1.165, 1.54) is 13.2 Å². The van der Waals surface area contributed by atoms with Gasteiger partial charge in [0.25, 0.3) is 0 Å². The number of rotatable bonds is 16. The number of allylic oxidation sites excluding steroid dienone is 3. The molecule has 1 heterocycles. The highest BCUT2D eigenvalue weighted by atomic mass is 16.5. The predicted octanol–water partition coefficient (Wildman–Crippen LogP) is 1.68. The van der Waals surface area contributed by atoms with Crippen molar-refractivity contribution >= 4 is 23.6 Å². The molecule has 1 aliphatic rings. The Bertz CT molecular complexity index is 863. The molecular weight excluding hydrogens is 482 g/mol. The van der Waals surface area contributed by atoms with Crippen LogP contribution in [0.1, 0.15) is 59.3 Å². The minimum atomic E-state index is -1.05. The number of methoxy groups -OCH3 is 1. The molecule has 5 N–H and O–H groups in total. The minimum Gasteiger partial charge on any atom is -0.478 e. The van der Waals surface area contributed by atoms with Crippen molar-refractivity contribution in [3.63, 3.8) is 0 Å². The van der Waals surface area contributed by atoms with Crippen molar-refractivity contribution in [2.45, 2.75) is 83.7 Å². The number of ketones is 1. The topological polar surface area (TPSA) is 170 Å². The summed E-state index contributed by atoms with van der Waals surface area (Å²) in [6.45, 7) is 4.98. The van der Waals surface area contributed by atoms with E-state index in [9.17, 15) is 34.5 Å². The van der Waals surface area contributed by atoms with Gasteiger partial charge in [-0.25, -0.2) is 4.79 Å². The van der Waals surface area contributed by atoms with E-state index in [0.29, 0.717) is 18.4 Å². The van der Waals surface area contributed by atoms with E-state index in [0.717, 1.165) is 6.08 Å². The molecule has 0 aromatic heterocycles. The van der Waals surface area contributed by atoms with Gasteiger partial charge in [-0.15, -0.1) is 0 Å². The lowest BCUT2D eigenvalue weighted by molar-refractivity contribution is -0.135. The molecule has 0 aromatic carbocycles. The zero-order valence-electron chi connectivity index (χ0n) is 22.0. The molecule has 1 saturated heterocycles. The smallest absolute Gasteiger partial charge is 0.327 e. The lowest BCUT2D eigenvalue weighted by atomic mass is 9.86. The van der Waals surface area contributed by atoms with Crippen LogP contribution in [0.3, 0.4) is 0 Å². The fraction of sp³-hybridized carbons (Fsp3) is 0.630. The first-order valence-electron chi connectivity index (χ1n) is 12.5. The maximum absolute atomic E-state index is 12.6.